The van der Waals surface area contributed by atoms with E-state index in [-0.39, 0.29) is 0 Å². The van der Waals surface area contributed by atoms with Crippen LogP contribution in [0.1, 0.15) is 5.56 Å². The highest BCUT2D eigenvalue weighted by Gasteiger charge is 2.02. The van der Waals surface area contributed by atoms with Crippen LogP contribution < -0.4 is 5.32 Å². The normalized spacial score (nSPS) is 10.6. The Kier molecular flexibility index (Phi) is 3.64. The second-order valence-corrected chi connectivity index (χ2v) is 4.65. The Hall–Kier alpha value is -2.69. The molecule has 21 heavy (non-hydrogen) atoms. The standard InChI is InChI=1S/C16H13F2N3/c17-13-6-12(7-14(18)8-13)10-20-15-2-1-3-16(9-15)21-5-4-19-11-21/h1-9,11,20H,10H2. The number of rotatable bonds is 4. The van der Waals surface area contributed by atoms with E-state index in [0.717, 1.165) is 17.4 Å². The molecular weight excluding hydrogens is 272 g/mol. The number of hydrogen-bond donors (Lipinski definition) is 1. The monoisotopic (exact) mass is 285 g/mol. The molecule has 0 fully saturated rings. The third-order valence-corrected chi connectivity index (χ3v) is 3.07. The van der Waals surface area contributed by atoms with Crippen molar-refractivity contribution in [2.75, 3.05) is 5.32 Å². The summed E-state index contributed by atoms with van der Waals surface area (Å²) in [6.07, 6.45) is 5.26. The Morgan fingerprint density at radius 2 is 1.86 bits per heavy atom. The lowest BCUT2D eigenvalue weighted by Crippen LogP contribution is -2.01. The number of anilines is 1. The number of halogens is 2. The van der Waals surface area contributed by atoms with Crippen molar-refractivity contribution in [3.63, 3.8) is 0 Å². The second kappa shape index (κ2) is 5.75. The molecule has 5 heteroatoms. The third kappa shape index (κ3) is 3.25. The van der Waals surface area contributed by atoms with Gasteiger partial charge in [-0.2, -0.15) is 0 Å². The topological polar surface area (TPSA) is 29.9 Å². The fourth-order valence-electron chi connectivity index (χ4n) is 2.11. The second-order valence-electron chi connectivity index (χ2n) is 4.65. The van der Waals surface area contributed by atoms with E-state index < -0.39 is 11.6 Å². The number of nitrogens with zero attached hydrogens (tertiary/aromatic N) is 2. The molecule has 3 nitrogen and oxygen atoms in total. The zero-order chi connectivity index (χ0) is 14.7. The molecule has 0 aliphatic carbocycles. The molecule has 3 aromatic rings. The van der Waals surface area contributed by atoms with E-state index in [9.17, 15) is 8.78 Å². The molecule has 0 radical (unpaired) electrons. The van der Waals surface area contributed by atoms with Gasteiger partial charge in [0.1, 0.15) is 11.6 Å². The van der Waals surface area contributed by atoms with Gasteiger partial charge in [-0.25, -0.2) is 13.8 Å². The van der Waals surface area contributed by atoms with Gasteiger partial charge in [-0.15, -0.1) is 0 Å². The lowest BCUT2D eigenvalue weighted by Gasteiger charge is -2.09. The van der Waals surface area contributed by atoms with Crippen LogP contribution in [-0.2, 0) is 6.54 Å². The molecule has 3 rings (SSSR count). The van der Waals surface area contributed by atoms with Crippen LogP contribution in [0.4, 0.5) is 14.5 Å². The first kappa shape index (κ1) is 13.3. The Labute approximate surface area is 120 Å². The Morgan fingerprint density at radius 1 is 1.05 bits per heavy atom. The Balaban J connectivity index is 1.75. The van der Waals surface area contributed by atoms with Gasteiger partial charge in [0.2, 0.25) is 0 Å². The molecule has 0 amide bonds. The largest absolute Gasteiger partial charge is 0.381 e. The van der Waals surface area contributed by atoms with Crippen molar-refractivity contribution < 1.29 is 8.78 Å². The van der Waals surface area contributed by atoms with Crippen LogP contribution in [0.25, 0.3) is 5.69 Å². The van der Waals surface area contributed by atoms with Crippen LogP contribution in [0.15, 0.2) is 61.2 Å². The predicted molar refractivity (Wildman–Crippen MR) is 77.2 cm³/mol. The Bertz CT molecular complexity index is 719. The van der Waals surface area contributed by atoms with Gasteiger partial charge in [-0.1, -0.05) is 6.07 Å². The van der Waals surface area contributed by atoms with Gasteiger partial charge in [0.05, 0.1) is 6.33 Å². The highest BCUT2D eigenvalue weighted by Crippen LogP contribution is 2.16. The zero-order valence-corrected chi connectivity index (χ0v) is 11.1. The summed E-state index contributed by atoms with van der Waals surface area (Å²) in [5.41, 5.74) is 2.38. The highest BCUT2D eigenvalue weighted by atomic mass is 19.1. The van der Waals surface area contributed by atoms with E-state index in [2.05, 4.69) is 10.3 Å². The van der Waals surface area contributed by atoms with Crippen molar-refractivity contribution in [3.8, 4) is 5.69 Å². The average molecular weight is 285 g/mol. The summed E-state index contributed by atoms with van der Waals surface area (Å²) >= 11 is 0. The van der Waals surface area contributed by atoms with Gasteiger partial charge in [-0.05, 0) is 35.9 Å². The van der Waals surface area contributed by atoms with E-state index in [1.165, 1.54) is 12.1 Å². The van der Waals surface area contributed by atoms with Crippen molar-refractivity contribution in [3.05, 3.63) is 78.4 Å². The molecular formula is C16H13F2N3. The Morgan fingerprint density at radius 3 is 2.57 bits per heavy atom. The molecule has 0 atom stereocenters. The van der Waals surface area contributed by atoms with Gasteiger partial charge >= 0.3 is 0 Å². The van der Waals surface area contributed by atoms with Gasteiger partial charge in [0.25, 0.3) is 0 Å². The number of nitrogens with one attached hydrogen (secondary N) is 1. The molecule has 0 saturated heterocycles. The van der Waals surface area contributed by atoms with Gasteiger partial charge in [0, 0.05) is 36.4 Å². The van der Waals surface area contributed by atoms with Crippen LogP contribution in [-0.4, -0.2) is 9.55 Å². The molecule has 0 bridgehead atoms. The maximum atomic E-state index is 13.1. The highest BCUT2D eigenvalue weighted by molar-refractivity contribution is 5.51. The van der Waals surface area contributed by atoms with Crippen molar-refractivity contribution in [1.29, 1.82) is 0 Å². The minimum atomic E-state index is -0.570. The average Bonchev–Trinajstić information content (AvgIpc) is 2.99. The molecule has 106 valence electrons. The molecule has 0 unspecified atom stereocenters. The summed E-state index contributed by atoms with van der Waals surface area (Å²) in [5.74, 6) is -1.14. The molecule has 0 aliphatic rings. The van der Waals surface area contributed by atoms with E-state index in [1.807, 2.05) is 35.0 Å². The fraction of sp³-hybridized carbons (Fsp3) is 0.0625. The molecule has 2 aromatic carbocycles. The maximum Gasteiger partial charge on any atom is 0.126 e. The number of aromatic nitrogens is 2. The summed E-state index contributed by atoms with van der Waals surface area (Å²) < 4.78 is 28.1. The lowest BCUT2D eigenvalue weighted by atomic mass is 10.2. The van der Waals surface area contributed by atoms with Gasteiger partial charge in [-0.3, -0.25) is 0 Å². The van der Waals surface area contributed by atoms with Gasteiger partial charge in [0.15, 0.2) is 0 Å². The van der Waals surface area contributed by atoms with Crippen LogP contribution in [0, 0.1) is 11.6 Å². The summed E-state index contributed by atoms with van der Waals surface area (Å²) in [5, 5.41) is 3.15. The van der Waals surface area contributed by atoms with Gasteiger partial charge < -0.3 is 9.88 Å². The van der Waals surface area contributed by atoms with E-state index >= 15 is 0 Å². The quantitative estimate of drug-likeness (QED) is 0.791. The molecule has 1 aromatic heterocycles. The van der Waals surface area contributed by atoms with E-state index in [4.69, 9.17) is 0 Å². The van der Waals surface area contributed by atoms with Crippen LogP contribution in [0.5, 0.6) is 0 Å². The molecule has 0 spiro atoms. The van der Waals surface area contributed by atoms with E-state index in [1.54, 1.807) is 12.5 Å². The summed E-state index contributed by atoms with van der Waals surface area (Å²) in [4.78, 5) is 4.00. The summed E-state index contributed by atoms with van der Waals surface area (Å²) in [6.45, 7) is 0.349. The van der Waals surface area contributed by atoms with Crippen molar-refractivity contribution in [1.82, 2.24) is 9.55 Å². The van der Waals surface area contributed by atoms with Crippen LogP contribution in [0.3, 0.4) is 0 Å². The smallest absolute Gasteiger partial charge is 0.126 e. The lowest BCUT2D eigenvalue weighted by molar-refractivity contribution is 0.580. The number of imidazole rings is 1. The predicted octanol–water partition coefficient (Wildman–Crippen LogP) is 3.76. The number of hydrogen-bond acceptors (Lipinski definition) is 2. The first-order valence-corrected chi connectivity index (χ1v) is 6.48. The molecule has 1 N–H and O–H groups in total. The first-order chi connectivity index (χ1) is 10.2. The number of benzene rings is 2. The minimum Gasteiger partial charge on any atom is -0.381 e. The first-order valence-electron chi connectivity index (χ1n) is 6.48. The molecule has 1 heterocycles. The van der Waals surface area contributed by atoms with E-state index in [0.29, 0.717) is 12.1 Å². The van der Waals surface area contributed by atoms with Crippen molar-refractivity contribution in [2.24, 2.45) is 0 Å². The maximum absolute atomic E-state index is 13.1. The fourth-order valence-corrected chi connectivity index (χ4v) is 2.11. The summed E-state index contributed by atoms with van der Waals surface area (Å²) in [7, 11) is 0. The zero-order valence-electron chi connectivity index (χ0n) is 11.1. The van der Waals surface area contributed by atoms with Crippen molar-refractivity contribution >= 4 is 5.69 Å². The SMILES string of the molecule is Fc1cc(F)cc(CNc2cccc(-n3ccnc3)c2)c1. The molecule has 0 aliphatic heterocycles. The van der Waals surface area contributed by atoms with Crippen LogP contribution in [0.2, 0.25) is 0 Å². The third-order valence-electron chi connectivity index (χ3n) is 3.07. The summed E-state index contributed by atoms with van der Waals surface area (Å²) in [6, 6.07) is 11.2. The minimum absolute atomic E-state index is 0.349. The van der Waals surface area contributed by atoms with Crippen LogP contribution >= 0.6 is 0 Å². The van der Waals surface area contributed by atoms with Crippen molar-refractivity contribution in [2.45, 2.75) is 6.54 Å². The molecule has 0 saturated carbocycles.